The molecule has 1 amide bonds. The van der Waals surface area contributed by atoms with Crippen LogP contribution in [0.15, 0.2) is 76.1 Å². The second-order valence-corrected chi connectivity index (χ2v) is 12.5. The monoisotopic (exact) mass is 717 g/mol. The van der Waals surface area contributed by atoms with Crippen LogP contribution in [0.3, 0.4) is 0 Å². The minimum atomic E-state index is -1.03. The first-order valence-corrected chi connectivity index (χ1v) is 16.7. The van der Waals surface area contributed by atoms with Crippen molar-refractivity contribution in [3.8, 4) is 0 Å². The Labute approximate surface area is 297 Å². The number of carbonyl (C=O) groups is 3. The molecule has 1 unspecified atom stereocenters. The van der Waals surface area contributed by atoms with Crippen LogP contribution in [-0.2, 0) is 30.3 Å². The van der Waals surface area contributed by atoms with Crippen LogP contribution >= 0.6 is 35.6 Å². The van der Waals surface area contributed by atoms with Gasteiger partial charge in [0, 0.05) is 66.1 Å². The van der Waals surface area contributed by atoms with Crippen molar-refractivity contribution >= 4 is 59.3 Å². The number of ether oxygens (including phenoxy) is 2. The number of nitrogens with zero attached hydrogens (tertiary/aromatic N) is 3. The summed E-state index contributed by atoms with van der Waals surface area (Å²) < 4.78 is 10.5. The van der Waals surface area contributed by atoms with Gasteiger partial charge >= 0.3 is 11.9 Å². The molecular formula is C35H42Cl3N5O5. The van der Waals surface area contributed by atoms with Gasteiger partial charge in [0.1, 0.15) is 0 Å². The van der Waals surface area contributed by atoms with Gasteiger partial charge in [-0.3, -0.25) is 14.7 Å². The van der Waals surface area contributed by atoms with Crippen molar-refractivity contribution in [2.45, 2.75) is 38.0 Å². The van der Waals surface area contributed by atoms with Crippen molar-refractivity contribution in [1.82, 2.24) is 20.4 Å². The number of methoxy groups -OCH3 is 2. The van der Waals surface area contributed by atoms with Gasteiger partial charge in [-0.25, -0.2) is 9.59 Å². The molecule has 13 heteroatoms. The molecule has 1 fully saturated rings. The van der Waals surface area contributed by atoms with Gasteiger partial charge in [0.2, 0.25) is 5.91 Å². The van der Waals surface area contributed by atoms with Crippen LogP contribution in [0.4, 0.5) is 0 Å². The molecule has 258 valence electrons. The number of amides is 1. The Kier molecular flexibility index (Phi) is 13.8. The number of nitrogens with one attached hydrogen (secondary N) is 2. The number of piperazine rings is 1. The number of esters is 2. The number of aliphatic imine (C=N–C) groups is 1. The van der Waals surface area contributed by atoms with E-state index >= 15 is 0 Å². The zero-order chi connectivity index (χ0) is 33.3. The lowest BCUT2D eigenvalue weighted by molar-refractivity contribution is -0.137. The first-order chi connectivity index (χ1) is 22.8. The summed E-state index contributed by atoms with van der Waals surface area (Å²) in [7, 11) is 2.55. The predicted molar refractivity (Wildman–Crippen MR) is 190 cm³/mol. The molecule has 5 rings (SSSR count). The fourth-order valence-corrected chi connectivity index (χ4v) is 7.02. The number of benzene rings is 2. The Morgan fingerprint density at radius 1 is 0.854 bits per heavy atom. The molecule has 3 heterocycles. The maximum Gasteiger partial charge on any atom is 0.336 e. The van der Waals surface area contributed by atoms with E-state index in [2.05, 4.69) is 20.5 Å². The van der Waals surface area contributed by atoms with E-state index in [-0.39, 0.29) is 45.9 Å². The van der Waals surface area contributed by atoms with Crippen molar-refractivity contribution < 1.29 is 23.9 Å². The third kappa shape index (κ3) is 8.91. The Morgan fingerprint density at radius 3 is 2.10 bits per heavy atom. The van der Waals surface area contributed by atoms with Crippen LogP contribution in [0.1, 0.15) is 42.7 Å². The topological polar surface area (TPSA) is 113 Å². The normalized spacial score (nSPS) is 18.0. The van der Waals surface area contributed by atoms with Gasteiger partial charge in [-0.05, 0) is 43.5 Å². The smallest absolute Gasteiger partial charge is 0.336 e. The number of carbonyl (C=O) groups excluding carboxylic acids is 3. The summed E-state index contributed by atoms with van der Waals surface area (Å²) in [5, 5.41) is 7.18. The largest absolute Gasteiger partial charge is 0.466 e. The summed E-state index contributed by atoms with van der Waals surface area (Å²) in [6, 6.07) is 14.8. The molecule has 0 spiro atoms. The fourth-order valence-electron chi connectivity index (χ4n) is 6.41. The number of amidine groups is 1. The van der Waals surface area contributed by atoms with Gasteiger partial charge in [-0.2, -0.15) is 0 Å². The first-order valence-electron chi connectivity index (χ1n) is 16.0. The second kappa shape index (κ2) is 17.7. The first kappa shape index (κ1) is 37.3. The second-order valence-electron chi connectivity index (χ2n) is 11.7. The zero-order valence-corrected chi connectivity index (χ0v) is 29.6. The molecule has 0 aliphatic carbocycles. The van der Waals surface area contributed by atoms with Gasteiger partial charge in [-0.15, -0.1) is 12.4 Å². The summed E-state index contributed by atoms with van der Waals surface area (Å²) in [5.74, 6) is -1.42. The standard InChI is InChI=1S/C35H41Cl2N5O5.ClH/c1-46-34(44)31-26(14-13-23-8-4-3-5-9-23)40-27(32(35(45)47-2)33(31)30-24(36)10-6-11-25(30)37)22-29(43)42-20-18-41(19-21-42)17-7-12-28-38-15-16-39-28;/h3-6,8-11,33,40H,7,12-22H2,1-2H3,(H,38,39);1H. The van der Waals surface area contributed by atoms with E-state index in [1.54, 1.807) is 18.2 Å². The minimum Gasteiger partial charge on any atom is -0.466 e. The van der Waals surface area contributed by atoms with Crippen molar-refractivity contribution in [3.05, 3.63) is 92.2 Å². The molecule has 2 aromatic rings. The maximum absolute atomic E-state index is 13.8. The van der Waals surface area contributed by atoms with Crippen LogP contribution in [0.25, 0.3) is 0 Å². The Hall–Kier alpha value is -3.57. The molecule has 0 radical (unpaired) electrons. The molecule has 2 aromatic carbocycles. The molecule has 0 saturated carbocycles. The molecule has 48 heavy (non-hydrogen) atoms. The molecule has 1 saturated heterocycles. The minimum absolute atomic E-state index is 0. The van der Waals surface area contributed by atoms with Crippen LogP contribution in [-0.4, -0.2) is 93.5 Å². The summed E-state index contributed by atoms with van der Waals surface area (Å²) in [6.45, 7) is 5.36. The van der Waals surface area contributed by atoms with E-state index in [0.29, 0.717) is 42.9 Å². The van der Waals surface area contributed by atoms with Crippen molar-refractivity contribution in [1.29, 1.82) is 0 Å². The fraction of sp³-hybridized carbons (Fsp3) is 0.429. The van der Waals surface area contributed by atoms with Gasteiger partial charge in [-0.1, -0.05) is 59.6 Å². The van der Waals surface area contributed by atoms with Crippen molar-refractivity contribution in [2.24, 2.45) is 4.99 Å². The average molecular weight is 719 g/mol. The number of hydrogen-bond acceptors (Lipinski definition) is 9. The Bertz CT molecular complexity index is 1550. The predicted octanol–water partition coefficient (Wildman–Crippen LogP) is 4.91. The van der Waals surface area contributed by atoms with Crippen LogP contribution in [0, 0.1) is 0 Å². The third-order valence-electron chi connectivity index (χ3n) is 8.82. The van der Waals surface area contributed by atoms with Crippen LogP contribution in [0.2, 0.25) is 10.0 Å². The lowest BCUT2D eigenvalue weighted by atomic mass is 9.78. The third-order valence-corrected chi connectivity index (χ3v) is 9.48. The Morgan fingerprint density at radius 2 is 1.50 bits per heavy atom. The van der Waals surface area contributed by atoms with Crippen LogP contribution in [0.5, 0.6) is 0 Å². The summed E-state index contributed by atoms with van der Waals surface area (Å²) in [6.07, 6.45) is 2.83. The molecule has 3 aliphatic heterocycles. The van der Waals surface area contributed by atoms with Gasteiger partial charge in [0.25, 0.3) is 0 Å². The van der Waals surface area contributed by atoms with Gasteiger partial charge < -0.3 is 25.0 Å². The summed E-state index contributed by atoms with van der Waals surface area (Å²) >= 11 is 13.5. The molecule has 3 aliphatic rings. The van der Waals surface area contributed by atoms with Crippen LogP contribution < -0.4 is 10.6 Å². The summed E-state index contributed by atoms with van der Waals surface area (Å²) in [4.78, 5) is 49.6. The van der Waals surface area contributed by atoms with E-state index in [0.717, 1.165) is 57.0 Å². The molecule has 1 atom stereocenters. The lowest BCUT2D eigenvalue weighted by Gasteiger charge is -2.36. The zero-order valence-electron chi connectivity index (χ0n) is 27.2. The highest BCUT2D eigenvalue weighted by molar-refractivity contribution is 6.36. The highest BCUT2D eigenvalue weighted by Crippen LogP contribution is 2.46. The van der Waals surface area contributed by atoms with Crippen molar-refractivity contribution in [3.63, 3.8) is 0 Å². The number of aryl methyl sites for hydroxylation is 1. The highest BCUT2D eigenvalue weighted by atomic mass is 35.5. The van der Waals surface area contributed by atoms with Crippen molar-refractivity contribution in [2.75, 3.05) is 60.0 Å². The van der Waals surface area contributed by atoms with E-state index in [1.807, 2.05) is 35.2 Å². The molecule has 2 N–H and O–H groups in total. The number of rotatable bonds is 12. The van der Waals surface area contributed by atoms with E-state index in [4.69, 9.17) is 32.7 Å². The molecule has 0 aromatic heterocycles. The SMILES string of the molecule is COC(=O)C1=C(CCc2ccccc2)NC(CC(=O)N2CCN(CCCC3=NCCN3)CC2)=C(C(=O)OC)C1c1c(Cl)cccc1Cl.Cl. The molecular weight excluding hydrogens is 677 g/mol. The molecule has 10 nitrogen and oxygen atoms in total. The highest BCUT2D eigenvalue weighted by Gasteiger charge is 2.42. The molecule has 0 bridgehead atoms. The van der Waals surface area contributed by atoms with Gasteiger partial charge in [0.05, 0.1) is 50.1 Å². The number of allylic oxidation sites excluding steroid dienone is 1. The quantitative estimate of drug-likeness (QED) is 0.298. The number of halogens is 3. The lowest BCUT2D eigenvalue weighted by Crippen LogP contribution is -2.49. The summed E-state index contributed by atoms with van der Waals surface area (Å²) in [5.41, 5.74) is 2.61. The maximum atomic E-state index is 13.8. The van der Waals surface area contributed by atoms with E-state index in [9.17, 15) is 14.4 Å². The average Bonchev–Trinajstić information content (AvgIpc) is 3.61. The van der Waals surface area contributed by atoms with E-state index < -0.39 is 17.9 Å². The van der Waals surface area contributed by atoms with Gasteiger partial charge in [0.15, 0.2) is 0 Å². The van der Waals surface area contributed by atoms with E-state index in [1.165, 1.54) is 14.2 Å². The number of hydrogen-bond donors (Lipinski definition) is 2. The Balaban J connectivity index is 0.00000520. The number of dihydropyridines is 1.